The van der Waals surface area contributed by atoms with Gasteiger partial charge in [-0.25, -0.2) is 9.78 Å². The molecule has 1 unspecified atom stereocenters. The molecule has 0 spiro atoms. The van der Waals surface area contributed by atoms with Crippen molar-refractivity contribution in [1.82, 2.24) is 10.3 Å². The Morgan fingerprint density at radius 1 is 1.53 bits per heavy atom. The lowest BCUT2D eigenvalue weighted by Crippen LogP contribution is -2.29. The average molecular weight is 305 g/mol. The number of alkyl halides is 1. The van der Waals surface area contributed by atoms with E-state index in [4.69, 9.17) is 16.3 Å². The predicted octanol–water partition coefficient (Wildman–Crippen LogP) is 2.34. The van der Waals surface area contributed by atoms with Crippen LogP contribution in [0.2, 0.25) is 0 Å². The van der Waals surface area contributed by atoms with Crippen molar-refractivity contribution in [1.29, 1.82) is 0 Å². The molecular weight excluding hydrogens is 288 g/mol. The van der Waals surface area contributed by atoms with Gasteiger partial charge in [0, 0.05) is 5.38 Å². The minimum absolute atomic E-state index is 0.253. The van der Waals surface area contributed by atoms with Gasteiger partial charge >= 0.3 is 5.97 Å². The molecule has 19 heavy (non-hydrogen) atoms. The molecule has 0 saturated carbocycles. The number of esters is 1. The first-order valence-corrected chi connectivity index (χ1v) is 7.10. The van der Waals surface area contributed by atoms with Gasteiger partial charge in [-0.15, -0.1) is 22.9 Å². The van der Waals surface area contributed by atoms with Crippen molar-refractivity contribution < 1.29 is 14.3 Å². The van der Waals surface area contributed by atoms with Crippen LogP contribution in [0.15, 0.2) is 5.38 Å². The van der Waals surface area contributed by atoms with E-state index in [9.17, 15) is 9.59 Å². The highest BCUT2D eigenvalue weighted by Gasteiger charge is 2.20. The number of nitrogens with one attached hydrogen (secondary N) is 1. The van der Waals surface area contributed by atoms with E-state index in [2.05, 4.69) is 10.3 Å². The number of hydrogen-bond donors (Lipinski definition) is 1. The van der Waals surface area contributed by atoms with Gasteiger partial charge in [0.2, 0.25) is 5.91 Å². The average Bonchev–Trinajstić information content (AvgIpc) is 2.71. The summed E-state index contributed by atoms with van der Waals surface area (Å²) >= 11 is 6.91. The van der Waals surface area contributed by atoms with Crippen LogP contribution in [-0.2, 0) is 16.1 Å². The maximum Gasteiger partial charge on any atom is 0.358 e. The van der Waals surface area contributed by atoms with Crippen molar-refractivity contribution in [2.75, 3.05) is 0 Å². The summed E-state index contributed by atoms with van der Waals surface area (Å²) in [4.78, 5) is 27.1. The van der Waals surface area contributed by atoms with Crippen molar-refractivity contribution in [2.24, 2.45) is 0 Å². The minimum Gasteiger partial charge on any atom is -0.455 e. The number of amides is 1. The second kappa shape index (κ2) is 6.34. The zero-order valence-corrected chi connectivity index (χ0v) is 12.9. The number of halogens is 1. The first kappa shape index (κ1) is 15.9. The topological polar surface area (TPSA) is 68.3 Å². The number of carbonyl (C=O) groups excluding carboxylic acids is 2. The highest BCUT2D eigenvalue weighted by Crippen LogP contribution is 2.15. The quantitative estimate of drug-likeness (QED) is 0.685. The van der Waals surface area contributed by atoms with Crippen molar-refractivity contribution in [2.45, 2.75) is 45.2 Å². The van der Waals surface area contributed by atoms with Crippen LogP contribution in [0, 0.1) is 0 Å². The number of nitrogens with zero attached hydrogens (tertiary/aromatic N) is 1. The Kier molecular flexibility index (Phi) is 5.31. The van der Waals surface area contributed by atoms with E-state index in [-0.39, 0.29) is 18.1 Å². The number of hydrogen-bond acceptors (Lipinski definition) is 5. The van der Waals surface area contributed by atoms with E-state index in [1.54, 1.807) is 33.1 Å². The lowest BCUT2D eigenvalue weighted by Gasteiger charge is -2.18. The molecule has 1 amide bonds. The molecule has 0 aliphatic heterocycles. The normalized spacial score (nSPS) is 12.9. The van der Waals surface area contributed by atoms with Crippen LogP contribution in [0.4, 0.5) is 0 Å². The highest BCUT2D eigenvalue weighted by atomic mass is 35.5. The Morgan fingerprint density at radius 2 is 2.16 bits per heavy atom. The zero-order valence-electron chi connectivity index (χ0n) is 11.3. The summed E-state index contributed by atoms with van der Waals surface area (Å²) in [5.41, 5.74) is -0.300. The molecule has 0 saturated heterocycles. The monoisotopic (exact) mass is 304 g/mol. The van der Waals surface area contributed by atoms with Crippen molar-refractivity contribution in [3.8, 4) is 0 Å². The molecule has 1 atom stereocenters. The lowest BCUT2D eigenvalue weighted by molar-refractivity contribution is -0.120. The van der Waals surface area contributed by atoms with Crippen LogP contribution in [0.3, 0.4) is 0 Å². The molecule has 0 aliphatic carbocycles. The Labute approximate surface area is 121 Å². The number of rotatable bonds is 4. The lowest BCUT2D eigenvalue weighted by atomic mass is 10.2. The molecule has 0 radical (unpaired) electrons. The fourth-order valence-electron chi connectivity index (χ4n) is 1.12. The smallest absolute Gasteiger partial charge is 0.358 e. The summed E-state index contributed by atoms with van der Waals surface area (Å²) in [7, 11) is 0. The number of ether oxygens (including phenoxy) is 1. The standard InChI is InChI=1S/C12H17ClN2O3S/c1-7(13)10(16)14-5-9-15-8(6-19-9)11(17)18-12(2,3)4/h6-7H,5H2,1-4H3,(H,14,16). The Morgan fingerprint density at radius 3 is 2.68 bits per heavy atom. The molecule has 0 aromatic carbocycles. The minimum atomic E-state index is -0.592. The Hall–Kier alpha value is -1.14. The number of carbonyl (C=O) groups is 2. The van der Waals surface area contributed by atoms with Gasteiger partial charge in [-0.3, -0.25) is 4.79 Å². The van der Waals surface area contributed by atoms with Gasteiger partial charge in [0.15, 0.2) is 5.69 Å². The van der Waals surface area contributed by atoms with Crippen LogP contribution in [-0.4, -0.2) is 27.8 Å². The van der Waals surface area contributed by atoms with E-state index >= 15 is 0 Å². The molecule has 1 rings (SSSR count). The Balaban J connectivity index is 2.58. The van der Waals surface area contributed by atoms with Crippen LogP contribution < -0.4 is 5.32 Å². The van der Waals surface area contributed by atoms with Gasteiger partial charge in [-0.1, -0.05) is 0 Å². The largest absolute Gasteiger partial charge is 0.455 e. The van der Waals surface area contributed by atoms with Crippen molar-refractivity contribution in [3.05, 3.63) is 16.1 Å². The third-order valence-corrected chi connectivity index (χ3v) is 2.98. The van der Waals surface area contributed by atoms with Crippen LogP contribution in [0.25, 0.3) is 0 Å². The molecule has 7 heteroatoms. The first-order chi connectivity index (χ1) is 8.69. The highest BCUT2D eigenvalue weighted by molar-refractivity contribution is 7.09. The fraction of sp³-hybridized carbons (Fsp3) is 0.583. The van der Waals surface area contributed by atoms with E-state index < -0.39 is 16.9 Å². The number of thiazole rings is 1. The molecule has 0 fully saturated rings. The summed E-state index contributed by atoms with van der Waals surface area (Å²) in [6.45, 7) is 7.22. The molecule has 5 nitrogen and oxygen atoms in total. The second-order valence-electron chi connectivity index (χ2n) is 4.96. The fourth-order valence-corrected chi connectivity index (χ4v) is 1.90. The van der Waals surface area contributed by atoms with Gasteiger partial charge in [0.1, 0.15) is 16.0 Å². The first-order valence-electron chi connectivity index (χ1n) is 5.78. The molecule has 0 bridgehead atoms. The summed E-state index contributed by atoms with van der Waals surface area (Å²) in [5.74, 6) is -0.734. The zero-order chi connectivity index (χ0) is 14.6. The third kappa shape index (κ3) is 5.57. The summed E-state index contributed by atoms with van der Waals surface area (Å²) in [6.07, 6.45) is 0. The van der Waals surface area contributed by atoms with E-state index in [0.717, 1.165) is 0 Å². The van der Waals surface area contributed by atoms with Crippen LogP contribution in [0.1, 0.15) is 43.2 Å². The SMILES string of the molecule is CC(Cl)C(=O)NCc1nc(C(=O)OC(C)(C)C)cs1. The summed E-state index contributed by atoms with van der Waals surface area (Å²) in [5, 5.41) is 4.27. The van der Waals surface area contributed by atoms with Gasteiger partial charge < -0.3 is 10.1 Å². The number of aromatic nitrogens is 1. The van der Waals surface area contributed by atoms with Crippen LogP contribution >= 0.6 is 22.9 Å². The van der Waals surface area contributed by atoms with Crippen molar-refractivity contribution in [3.63, 3.8) is 0 Å². The summed E-state index contributed by atoms with van der Waals surface area (Å²) in [6, 6.07) is 0. The summed E-state index contributed by atoms with van der Waals surface area (Å²) < 4.78 is 5.20. The molecule has 1 aromatic heterocycles. The predicted molar refractivity (Wildman–Crippen MR) is 74.4 cm³/mol. The van der Waals surface area contributed by atoms with Gasteiger partial charge in [-0.05, 0) is 27.7 Å². The van der Waals surface area contributed by atoms with Gasteiger partial charge in [0.05, 0.1) is 6.54 Å². The molecule has 1 heterocycles. The molecular formula is C12H17ClN2O3S. The third-order valence-electron chi connectivity index (χ3n) is 1.93. The van der Waals surface area contributed by atoms with Gasteiger partial charge in [-0.2, -0.15) is 0 Å². The van der Waals surface area contributed by atoms with E-state index in [1.165, 1.54) is 11.3 Å². The van der Waals surface area contributed by atoms with Crippen LogP contribution in [0.5, 0.6) is 0 Å². The maximum absolute atomic E-state index is 11.7. The van der Waals surface area contributed by atoms with Gasteiger partial charge in [0.25, 0.3) is 0 Å². The van der Waals surface area contributed by atoms with Crippen molar-refractivity contribution >= 4 is 34.8 Å². The molecule has 0 aliphatic rings. The maximum atomic E-state index is 11.7. The molecule has 1 N–H and O–H groups in total. The molecule has 1 aromatic rings. The Bertz CT molecular complexity index is 466. The second-order valence-corrected chi connectivity index (χ2v) is 6.56. The van der Waals surface area contributed by atoms with E-state index in [1.807, 2.05) is 0 Å². The van der Waals surface area contributed by atoms with E-state index in [0.29, 0.717) is 5.01 Å². The molecule has 106 valence electrons.